The monoisotopic (exact) mass is 333 g/mol. The molecule has 1 heterocycles. The van der Waals surface area contributed by atoms with E-state index in [1.807, 2.05) is 0 Å². The number of thiazole rings is 1. The van der Waals surface area contributed by atoms with Gasteiger partial charge >= 0.3 is 0 Å². The van der Waals surface area contributed by atoms with E-state index in [1.165, 1.54) is 25.6 Å². The van der Waals surface area contributed by atoms with Crippen LogP contribution in [-0.2, 0) is 12.8 Å². The molecular formula is C16H19N3O3S. The minimum absolute atomic E-state index is 0.185. The van der Waals surface area contributed by atoms with Gasteiger partial charge in [-0.15, -0.1) is 11.3 Å². The molecule has 6 nitrogen and oxygen atoms in total. The van der Waals surface area contributed by atoms with E-state index in [9.17, 15) is 4.79 Å². The van der Waals surface area contributed by atoms with Crippen LogP contribution in [0, 0.1) is 0 Å². The summed E-state index contributed by atoms with van der Waals surface area (Å²) in [5, 5.41) is 3.44. The summed E-state index contributed by atoms with van der Waals surface area (Å²) in [6, 6.07) is 5.38. The highest BCUT2D eigenvalue weighted by Gasteiger charge is 2.22. The van der Waals surface area contributed by atoms with Gasteiger partial charge in [-0.05, 0) is 31.4 Å². The molecule has 1 aliphatic carbocycles. The molecule has 0 spiro atoms. The zero-order valence-electron chi connectivity index (χ0n) is 13.1. The second kappa shape index (κ2) is 6.55. The number of anilines is 1. The number of carbonyl (C=O) groups is 1. The van der Waals surface area contributed by atoms with Crippen LogP contribution in [0.25, 0.3) is 0 Å². The van der Waals surface area contributed by atoms with Crippen LogP contribution >= 0.6 is 11.3 Å². The summed E-state index contributed by atoms with van der Waals surface area (Å²) in [7, 11) is 3.05. The standard InChI is InChI=1S/C16H19N3O3S/c1-21-12-5-3-4-10(14(12)22-2)15(20)19-16-18-11-7-6-9(17)8-13(11)23-16/h3-5,9H,6-8,17H2,1-2H3,(H,18,19,20)/t9-/m0/s1. The van der Waals surface area contributed by atoms with E-state index in [0.717, 1.165) is 29.8 Å². The summed E-state index contributed by atoms with van der Waals surface area (Å²) in [6.45, 7) is 0. The number of methoxy groups -OCH3 is 2. The third-order valence-electron chi connectivity index (χ3n) is 3.85. The quantitative estimate of drug-likeness (QED) is 0.896. The number of aryl methyl sites for hydroxylation is 1. The predicted molar refractivity (Wildman–Crippen MR) is 89.6 cm³/mol. The summed E-state index contributed by atoms with van der Waals surface area (Å²) in [5.74, 6) is 0.663. The molecule has 0 fully saturated rings. The Morgan fingerprint density at radius 1 is 1.39 bits per heavy atom. The molecule has 0 unspecified atom stereocenters. The fourth-order valence-electron chi connectivity index (χ4n) is 2.68. The molecule has 0 saturated heterocycles. The maximum Gasteiger partial charge on any atom is 0.261 e. The molecule has 23 heavy (non-hydrogen) atoms. The molecule has 0 radical (unpaired) electrons. The number of aromatic nitrogens is 1. The first-order valence-electron chi connectivity index (χ1n) is 7.39. The van der Waals surface area contributed by atoms with Crippen molar-refractivity contribution < 1.29 is 14.3 Å². The van der Waals surface area contributed by atoms with Crippen LogP contribution in [0.4, 0.5) is 5.13 Å². The van der Waals surface area contributed by atoms with E-state index in [0.29, 0.717) is 22.2 Å². The molecule has 1 aromatic carbocycles. The van der Waals surface area contributed by atoms with E-state index >= 15 is 0 Å². The average Bonchev–Trinajstić information content (AvgIpc) is 2.95. The molecule has 1 aromatic heterocycles. The molecule has 1 amide bonds. The summed E-state index contributed by atoms with van der Waals surface area (Å²) in [5.41, 5.74) is 7.44. The number of nitrogens with zero attached hydrogens (tertiary/aromatic N) is 1. The van der Waals surface area contributed by atoms with Crippen LogP contribution < -0.4 is 20.5 Å². The van der Waals surface area contributed by atoms with Gasteiger partial charge in [-0.2, -0.15) is 0 Å². The minimum Gasteiger partial charge on any atom is -0.493 e. The Hall–Kier alpha value is -2.12. The molecule has 1 atom stereocenters. The fraction of sp³-hybridized carbons (Fsp3) is 0.375. The van der Waals surface area contributed by atoms with Crippen LogP contribution in [-0.4, -0.2) is 31.2 Å². The van der Waals surface area contributed by atoms with Crippen molar-refractivity contribution in [1.82, 2.24) is 4.98 Å². The van der Waals surface area contributed by atoms with Gasteiger partial charge in [0.2, 0.25) is 0 Å². The summed E-state index contributed by atoms with van der Waals surface area (Å²) >= 11 is 1.49. The average molecular weight is 333 g/mol. The fourth-order valence-corrected chi connectivity index (χ4v) is 3.78. The lowest BCUT2D eigenvalue weighted by molar-refractivity contribution is 0.102. The second-order valence-electron chi connectivity index (χ2n) is 5.39. The van der Waals surface area contributed by atoms with Gasteiger partial charge in [0.15, 0.2) is 16.6 Å². The van der Waals surface area contributed by atoms with Gasteiger partial charge in [-0.25, -0.2) is 4.98 Å². The first-order valence-corrected chi connectivity index (χ1v) is 8.20. The Labute approximate surface area is 138 Å². The summed E-state index contributed by atoms with van der Waals surface area (Å²) in [6.07, 6.45) is 2.63. The van der Waals surface area contributed by atoms with Crippen molar-refractivity contribution in [2.24, 2.45) is 5.73 Å². The first kappa shape index (κ1) is 15.8. The van der Waals surface area contributed by atoms with Crippen molar-refractivity contribution in [3.8, 4) is 11.5 Å². The van der Waals surface area contributed by atoms with Crippen molar-refractivity contribution >= 4 is 22.4 Å². The molecule has 1 aliphatic rings. The minimum atomic E-state index is -0.267. The Bertz CT molecular complexity index is 729. The Kier molecular flexibility index (Phi) is 4.49. The van der Waals surface area contributed by atoms with Gasteiger partial charge < -0.3 is 15.2 Å². The maximum atomic E-state index is 12.5. The lowest BCUT2D eigenvalue weighted by Gasteiger charge is -2.15. The maximum absolute atomic E-state index is 12.5. The topological polar surface area (TPSA) is 86.5 Å². The zero-order chi connectivity index (χ0) is 16.4. The highest BCUT2D eigenvalue weighted by atomic mass is 32.1. The first-order chi connectivity index (χ1) is 11.1. The number of rotatable bonds is 4. The van der Waals surface area contributed by atoms with Crippen molar-refractivity contribution in [2.45, 2.75) is 25.3 Å². The number of hydrogen-bond acceptors (Lipinski definition) is 6. The van der Waals surface area contributed by atoms with Gasteiger partial charge in [-0.3, -0.25) is 10.1 Å². The Morgan fingerprint density at radius 3 is 2.96 bits per heavy atom. The van der Waals surface area contributed by atoms with Crippen LogP contribution in [0.5, 0.6) is 11.5 Å². The number of nitrogens with two attached hydrogens (primary N) is 1. The SMILES string of the molecule is COc1cccc(C(=O)Nc2nc3c(s2)C[C@@H](N)CC3)c1OC. The highest BCUT2D eigenvalue weighted by molar-refractivity contribution is 7.15. The lowest BCUT2D eigenvalue weighted by atomic mass is 9.99. The number of para-hydroxylation sites is 1. The predicted octanol–water partition coefficient (Wildman–Crippen LogP) is 2.23. The number of fused-ring (bicyclic) bond motifs is 1. The van der Waals surface area contributed by atoms with Gasteiger partial charge in [0.05, 0.1) is 25.5 Å². The largest absolute Gasteiger partial charge is 0.493 e. The highest BCUT2D eigenvalue weighted by Crippen LogP contribution is 2.33. The summed E-state index contributed by atoms with van der Waals surface area (Å²) in [4.78, 5) is 18.2. The number of nitrogens with one attached hydrogen (secondary N) is 1. The third-order valence-corrected chi connectivity index (χ3v) is 4.88. The number of ether oxygens (including phenoxy) is 2. The zero-order valence-corrected chi connectivity index (χ0v) is 13.9. The normalized spacial score (nSPS) is 16.6. The van der Waals surface area contributed by atoms with Crippen LogP contribution in [0.2, 0.25) is 0 Å². The molecule has 2 aromatic rings. The van der Waals surface area contributed by atoms with Gasteiger partial charge in [0, 0.05) is 10.9 Å². The van der Waals surface area contributed by atoms with Gasteiger partial charge in [-0.1, -0.05) is 6.07 Å². The number of amides is 1. The van der Waals surface area contributed by atoms with E-state index in [2.05, 4.69) is 10.3 Å². The van der Waals surface area contributed by atoms with E-state index in [-0.39, 0.29) is 11.9 Å². The van der Waals surface area contributed by atoms with Crippen molar-refractivity contribution in [2.75, 3.05) is 19.5 Å². The van der Waals surface area contributed by atoms with E-state index in [4.69, 9.17) is 15.2 Å². The summed E-state index contributed by atoms with van der Waals surface area (Å²) < 4.78 is 10.5. The van der Waals surface area contributed by atoms with Gasteiger partial charge in [0.25, 0.3) is 5.91 Å². The smallest absolute Gasteiger partial charge is 0.261 e. The van der Waals surface area contributed by atoms with Crippen LogP contribution in [0.3, 0.4) is 0 Å². The molecule has 3 N–H and O–H groups in total. The molecule has 0 bridgehead atoms. The number of carbonyl (C=O) groups excluding carboxylic acids is 1. The van der Waals surface area contributed by atoms with E-state index in [1.54, 1.807) is 18.2 Å². The van der Waals surface area contributed by atoms with Crippen molar-refractivity contribution in [3.63, 3.8) is 0 Å². The molecule has 0 aliphatic heterocycles. The van der Waals surface area contributed by atoms with Crippen molar-refractivity contribution in [3.05, 3.63) is 34.3 Å². The van der Waals surface area contributed by atoms with E-state index < -0.39 is 0 Å². The Morgan fingerprint density at radius 2 is 2.22 bits per heavy atom. The van der Waals surface area contributed by atoms with Gasteiger partial charge in [0.1, 0.15) is 0 Å². The molecule has 122 valence electrons. The van der Waals surface area contributed by atoms with Crippen LogP contribution in [0.15, 0.2) is 18.2 Å². The van der Waals surface area contributed by atoms with Crippen molar-refractivity contribution in [1.29, 1.82) is 0 Å². The third kappa shape index (κ3) is 3.16. The second-order valence-corrected chi connectivity index (χ2v) is 6.47. The molecule has 3 rings (SSSR count). The number of hydrogen-bond donors (Lipinski definition) is 2. The Balaban J connectivity index is 1.83. The molecule has 0 saturated carbocycles. The lowest BCUT2D eigenvalue weighted by Crippen LogP contribution is -2.27. The molecule has 7 heteroatoms. The van der Waals surface area contributed by atoms with Crippen LogP contribution in [0.1, 0.15) is 27.3 Å². The molecular weight excluding hydrogens is 314 g/mol. The number of benzene rings is 1.